The lowest BCUT2D eigenvalue weighted by Crippen LogP contribution is -2.56. The molecule has 1 heterocycles. The Morgan fingerprint density at radius 3 is 2.13 bits per heavy atom. The van der Waals surface area contributed by atoms with E-state index in [4.69, 9.17) is 9.84 Å². The highest BCUT2D eigenvalue weighted by Crippen LogP contribution is 2.67. The van der Waals surface area contributed by atoms with E-state index in [0.717, 1.165) is 43.8 Å². The standard InChI is InChI=1S/C24H38O2.C2H6.CH4O.CH4/c1-16(25)19-6-4-7-20-18-9-8-17-14-24(15-26-24)12-5-11-22(17,2)21(18)10-13-23(19,20)3;2*1-2;/h17-21H,4-15H2,1-3H3;1-2H3;2H,1H3;1H4. The van der Waals surface area contributed by atoms with Gasteiger partial charge in [0.15, 0.2) is 0 Å². The van der Waals surface area contributed by atoms with Crippen LogP contribution in [0.25, 0.3) is 0 Å². The van der Waals surface area contributed by atoms with Gasteiger partial charge in [-0.1, -0.05) is 41.5 Å². The summed E-state index contributed by atoms with van der Waals surface area (Å²) in [5, 5.41) is 7.00. The molecule has 8 atom stereocenters. The van der Waals surface area contributed by atoms with Crippen molar-refractivity contribution in [3.8, 4) is 0 Å². The first-order chi connectivity index (χ1) is 14.4. The van der Waals surface area contributed by atoms with Gasteiger partial charge in [0, 0.05) is 13.0 Å². The molecule has 4 saturated carbocycles. The minimum Gasteiger partial charge on any atom is -0.400 e. The molecule has 0 radical (unpaired) electrons. The molecule has 1 aliphatic heterocycles. The molecule has 5 fully saturated rings. The second kappa shape index (κ2) is 10.2. The third kappa shape index (κ3) is 4.52. The molecule has 1 N–H and O–H groups in total. The number of carbonyl (C=O) groups excluding carboxylic acids is 1. The van der Waals surface area contributed by atoms with Crippen LogP contribution in [0.15, 0.2) is 0 Å². The van der Waals surface area contributed by atoms with Crippen LogP contribution in [0.3, 0.4) is 0 Å². The van der Waals surface area contributed by atoms with Crippen molar-refractivity contribution in [3.63, 3.8) is 0 Å². The van der Waals surface area contributed by atoms with Crippen molar-refractivity contribution in [2.24, 2.45) is 40.4 Å². The van der Waals surface area contributed by atoms with Gasteiger partial charge in [0.05, 0.1) is 12.2 Å². The maximum atomic E-state index is 12.4. The van der Waals surface area contributed by atoms with Crippen LogP contribution >= 0.6 is 0 Å². The van der Waals surface area contributed by atoms with E-state index in [2.05, 4.69) is 13.8 Å². The van der Waals surface area contributed by atoms with Gasteiger partial charge >= 0.3 is 0 Å². The molecule has 3 heteroatoms. The van der Waals surface area contributed by atoms with Crippen LogP contribution in [-0.2, 0) is 9.53 Å². The number of ether oxygens (including phenoxy) is 1. The third-order valence-electron chi connectivity index (χ3n) is 10.3. The van der Waals surface area contributed by atoms with Crippen LogP contribution in [0.5, 0.6) is 0 Å². The highest BCUT2D eigenvalue weighted by molar-refractivity contribution is 5.79. The molecule has 5 rings (SSSR count). The number of rotatable bonds is 1. The normalized spacial score (nSPS) is 47.4. The van der Waals surface area contributed by atoms with Crippen molar-refractivity contribution in [2.75, 3.05) is 13.7 Å². The Morgan fingerprint density at radius 1 is 0.871 bits per heavy atom. The number of Topliss-reactive ketones (excluding diaryl/α,β-unsaturated/α-hetero) is 1. The molecule has 3 nitrogen and oxygen atoms in total. The molecular weight excluding hydrogens is 384 g/mol. The molecule has 182 valence electrons. The van der Waals surface area contributed by atoms with Crippen molar-refractivity contribution >= 4 is 5.78 Å². The summed E-state index contributed by atoms with van der Waals surface area (Å²) >= 11 is 0. The van der Waals surface area contributed by atoms with E-state index in [9.17, 15) is 4.79 Å². The molecule has 4 aliphatic carbocycles. The quantitative estimate of drug-likeness (QED) is 0.448. The van der Waals surface area contributed by atoms with Crippen molar-refractivity contribution in [1.29, 1.82) is 0 Å². The summed E-state index contributed by atoms with van der Waals surface area (Å²) in [5.41, 5.74) is 1.12. The Labute approximate surface area is 193 Å². The number of hydrogen-bond donors (Lipinski definition) is 1. The highest BCUT2D eigenvalue weighted by Gasteiger charge is 2.61. The van der Waals surface area contributed by atoms with E-state index < -0.39 is 0 Å². The molecular formula is C28H52O3. The summed E-state index contributed by atoms with van der Waals surface area (Å²) in [6.07, 6.45) is 14.8. The number of ketones is 1. The van der Waals surface area contributed by atoms with Crippen molar-refractivity contribution in [3.05, 3.63) is 0 Å². The molecule has 1 spiro atoms. The summed E-state index contributed by atoms with van der Waals surface area (Å²) in [7, 11) is 1.00. The Morgan fingerprint density at radius 2 is 1.52 bits per heavy atom. The van der Waals surface area contributed by atoms with E-state index in [1.54, 1.807) is 0 Å². The topological polar surface area (TPSA) is 49.8 Å². The van der Waals surface area contributed by atoms with Crippen LogP contribution in [0.2, 0.25) is 0 Å². The Kier molecular flexibility index (Phi) is 8.87. The minimum atomic E-state index is 0. The fraction of sp³-hybridized carbons (Fsp3) is 0.964. The minimum absolute atomic E-state index is 0. The van der Waals surface area contributed by atoms with Crippen molar-refractivity contribution < 1.29 is 14.6 Å². The van der Waals surface area contributed by atoms with E-state index in [1.165, 1.54) is 64.2 Å². The molecule has 8 unspecified atom stereocenters. The number of aliphatic hydroxyl groups excluding tert-OH is 1. The lowest BCUT2D eigenvalue weighted by atomic mass is 9.42. The maximum absolute atomic E-state index is 12.4. The number of hydrogen-bond acceptors (Lipinski definition) is 3. The zero-order valence-electron chi connectivity index (χ0n) is 20.6. The van der Waals surface area contributed by atoms with Gasteiger partial charge in [-0.2, -0.15) is 0 Å². The number of carbonyl (C=O) groups is 1. The Balaban J connectivity index is 0.000000647. The molecule has 31 heavy (non-hydrogen) atoms. The summed E-state index contributed by atoms with van der Waals surface area (Å²) in [6.45, 7) is 12.1. The summed E-state index contributed by atoms with van der Waals surface area (Å²) in [4.78, 5) is 12.4. The lowest BCUT2D eigenvalue weighted by Gasteiger charge is -2.62. The molecule has 0 amide bonds. The Bertz CT molecular complexity index is 597. The zero-order chi connectivity index (χ0) is 22.2. The van der Waals surface area contributed by atoms with Gasteiger partial charge in [-0.15, -0.1) is 0 Å². The maximum Gasteiger partial charge on any atom is 0.133 e. The monoisotopic (exact) mass is 436 g/mol. The molecule has 0 bridgehead atoms. The van der Waals surface area contributed by atoms with E-state index in [-0.39, 0.29) is 7.43 Å². The first kappa shape index (κ1) is 26.8. The number of aliphatic hydroxyl groups is 1. The Hall–Kier alpha value is -0.410. The number of fused-ring (bicyclic) bond motifs is 5. The molecule has 1 saturated heterocycles. The molecule has 5 aliphatic rings. The first-order valence-electron chi connectivity index (χ1n) is 13.0. The van der Waals surface area contributed by atoms with Crippen LogP contribution < -0.4 is 0 Å². The predicted molar refractivity (Wildman–Crippen MR) is 130 cm³/mol. The first-order valence-corrected chi connectivity index (χ1v) is 13.0. The smallest absolute Gasteiger partial charge is 0.133 e. The predicted octanol–water partition coefficient (Wildman–Crippen LogP) is 7.05. The lowest BCUT2D eigenvalue weighted by molar-refractivity contribution is -0.150. The number of epoxide rings is 1. The van der Waals surface area contributed by atoms with Gasteiger partial charge < -0.3 is 9.84 Å². The fourth-order valence-corrected chi connectivity index (χ4v) is 8.83. The van der Waals surface area contributed by atoms with Crippen LogP contribution in [-0.4, -0.2) is 30.2 Å². The van der Waals surface area contributed by atoms with Gasteiger partial charge in [0.2, 0.25) is 0 Å². The summed E-state index contributed by atoms with van der Waals surface area (Å²) in [5.74, 6) is 4.27. The molecule has 0 aromatic rings. The van der Waals surface area contributed by atoms with Gasteiger partial charge in [-0.25, -0.2) is 0 Å². The molecule has 0 aromatic heterocycles. The zero-order valence-corrected chi connectivity index (χ0v) is 20.6. The fourth-order valence-electron chi connectivity index (χ4n) is 8.83. The van der Waals surface area contributed by atoms with E-state index >= 15 is 0 Å². The average Bonchev–Trinajstić information content (AvgIpc) is 3.53. The SMILES string of the molecule is C.CC.CC(=O)C1CCCC2C3CCC4CC5(CCCC4(C)C3CCC12C)CO5.CO. The van der Waals surface area contributed by atoms with E-state index in [1.807, 2.05) is 20.8 Å². The van der Waals surface area contributed by atoms with E-state index in [0.29, 0.717) is 28.1 Å². The summed E-state index contributed by atoms with van der Waals surface area (Å²) < 4.78 is 5.95. The van der Waals surface area contributed by atoms with Crippen LogP contribution in [0.4, 0.5) is 0 Å². The van der Waals surface area contributed by atoms with Crippen LogP contribution in [0, 0.1) is 40.4 Å². The van der Waals surface area contributed by atoms with Crippen molar-refractivity contribution in [2.45, 2.75) is 118 Å². The van der Waals surface area contributed by atoms with Crippen molar-refractivity contribution in [1.82, 2.24) is 0 Å². The van der Waals surface area contributed by atoms with Gasteiger partial charge in [0.25, 0.3) is 0 Å². The molecule has 0 aromatic carbocycles. The summed E-state index contributed by atoms with van der Waals surface area (Å²) in [6, 6.07) is 0. The second-order valence-electron chi connectivity index (χ2n) is 11.3. The van der Waals surface area contributed by atoms with Gasteiger partial charge in [0.1, 0.15) is 5.78 Å². The highest BCUT2D eigenvalue weighted by atomic mass is 16.6. The second-order valence-corrected chi connectivity index (χ2v) is 11.3. The van der Waals surface area contributed by atoms with Gasteiger partial charge in [-0.05, 0) is 106 Å². The third-order valence-corrected chi connectivity index (χ3v) is 10.3. The van der Waals surface area contributed by atoms with Crippen LogP contribution in [0.1, 0.15) is 113 Å². The van der Waals surface area contributed by atoms with Gasteiger partial charge in [-0.3, -0.25) is 4.79 Å². The largest absolute Gasteiger partial charge is 0.400 e. The average molecular weight is 437 g/mol.